The Hall–Kier alpha value is -2.51. The third-order valence-electron chi connectivity index (χ3n) is 4.64. The summed E-state index contributed by atoms with van der Waals surface area (Å²) in [6.07, 6.45) is 1.85. The summed E-state index contributed by atoms with van der Waals surface area (Å²) in [6, 6.07) is 9.79. The fourth-order valence-electron chi connectivity index (χ4n) is 3.27. The van der Waals surface area contributed by atoms with Crippen molar-refractivity contribution in [3.63, 3.8) is 0 Å². The minimum Gasteiger partial charge on any atom is -0.383 e. The maximum Gasteiger partial charge on any atom is 0.317 e. The topological polar surface area (TPSA) is 76.6 Å². The van der Waals surface area contributed by atoms with Crippen LogP contribution in [-0.2, 0) is 21.7 Å². The number of nitrogens with one attached hydrogen (secondary N) is 1. The van der Waals surface area contributed by atoms with E-state index < -0.39 is 5.60 Å². The SMILES string of the molecule is COCCNC(=O)N1CC2(C1)OCc1nc(-c3ccccc3)ncc12. The number of methoxy groups -OCH3 is 1. The predicted molar refractivity (Wildman–Crippen MR) is 90.8 cm³/mol. The molecule has 0 atom stereocenters. The van der Waals surface area contributed by atoms with Crippen LogP contribution in [0.15, 0.2) is 36.5 Å². The van der Waals surface area contributed by atoms with Gasteiger partial charge in [0, 0.05) is 31.0 Å². The van der Waals surface area contributed by atoms with Crippen molar-refractivity contribution in [2.75, 3.05) is 33.4 Å². The molecule has 7 heteroatoms. The molecule has 0 bridgehead atoms. The molecule has 0 radical (unpaired) electrons. The number of ether oxygens (including phenoxy) is 2. The number of benzene rings is 1. The zero-order chi connectivity index (χ0) is 17.3. The molecule has 0 unspecified atom stereocenters. The number of carbonyl (C=O) groups is 1. The molecule has 2 amide bonds. The lowest BCUT2D eigenvalue weighted by molar-refractivity contribution is -0.124. The summed E-state index contributed by atoms with van der Waals surface area (Å²) in [5.74, 6) is 0.702. The summed E-state index contributed by atoms with van der Waals surface area (Å²) in [6.45, 7) is 2.50. The van der Waals surface area contributed by atoms with Crippen molar-refractivity contribution in [1.29, 1.82) is 0 Å². The zero-order valence-electron chi connectivity index (χ0n) is 14.1. The number of rotatable bonds is 4. The van der Waals surface area contributed by atoms with E-state index in [1.165, 1.54) is 0 Å². The Bertz CT molecular complexity index is 775. The molecule has 2 aromatic rings. The molecular formula is C18H20N4O3. The second kappa shape index (κ2) is 6.42. The highest BCUT2D eigenvalue weighted by molar-refractivity contribution is 5.75. The third-order valence-corrected chi connectivity index (χ3v) is 4.64. The molecule has 130 valence electrons. The summed E-state index contributed by atoms with van der Waals surface area (Å²) in [5, 5.41) is 2.82. The van der Waals surface area contributed by atoms with Gasteiger partial charge in [-0.05, 0) is 0 Å². The van der Waals surface area contributed by atoms with Gasteiger partial charge in [0.05, 0.1) is 32.0 Å². The van der Waals surface area contributed by atoms with Gasteiger partial charge in [-0.25, -0.2) is 14.8 Å². The molecule has 0 aliphatic carbocycles. The molecule has 3 heterocycles. The number of likely N-dealkylation sites (tertiary alicyclic amines) is 1. The van der Waals surface area contributed by atoms with Gasteiger partial charge in [-0.2, -0.15) is 0 Å². The van der Waals surface area contributed by atoms with Crippen molar-refractivity contribution in [3.8, 4) is 11.4 Å². The molecule has 1 N–H and O–H groups in total. The van der Waals surface area contributed by atoms with E-state index >= 15 is 0 Å². The van der Waals surface area contributed by atoms with Gasteiger partial charge in [-0.3, -0.25) is 0 Å². The normalized spacial score (nSPS) is 17.2. The molecule has 7 nitrogen and oxygen atoms in total. The first kappa shape index (κ1) is 16.0. The smallest absolute Gasteiger partial charge is 0.317 e. The Morgan fingerprint density at radius 2 is 2.16 bits per heavy atom. The van der Waals surface area contributed by atoms with E-state index in [1.807, 2.05) is 36.5 Å². The van der Waals surface area contributed by atoms with Crippen LogP contribution in [-0.4, -0.2) is 54.2 Å². The number of carbonyl (C=O) groups excluding carboxylic acids is 1. The number of fused-ring (bicyclic) bond motifs is 2. The van der Waals surface area contributed by atoms with E-state index in [1.54, 1.807) is 12.0 Å². The van der Waals surface area contributed by atoms with Crippen LogP contribution < -0.4 is 5.32 Å². The number of urea groups is 1. The van der Waals surface area contributed by atoms with Crippen LogP contribution in [0, 0.1) is 0 Å². The molecule has 25 heavy (non-hydrogen) atoms. The van der Waals surface area contributed by atoms with Gasteiger partial charge in [0.1, 0.15) is 5.60 Å². The van der Waals surface area contributed by atoms with Gasteiger partial charge in [0.15, 0.2) is 5.82 Å². The van der Waals surface area contributed by atoms with Crippen LogP contribution in [0.25, 0.3) is 11.4 Å². The van der Waals surface area contributed by atoms with Crippen molar-refractivity contribution >= 4 is 6.03 Å². The molecule has 0 saturated carbocycles. The Balaban J connectivity index is 1.46. The Kier molecular flexibility index (Phi) is 4.10. The molecule has 1 aromatic carbocycles. The average Bonchev–Trinajstić information content (AvgIpc) is 3.00. The molecular weight excluding hydrogens is 320 g/mol. The molecule has 4 rings (SSSR count). The first-order valence-corrected chi connectivity index (χ1v) is 8.29. The lowest BCUT2D eigenvalue weighted by Crippen LogP contribution is -2.63. The largest absolute Gasteiger partial charge is 0.383 e. The maximum absolute atomic E-state index is 12.1. The van der Waals surface area contributed by atoms with Gasteiger partial charge < -0.3 is 19.7 Å². The van der Waals surface area contributed by atoms with E-state index in [4.69, 9.17) is 9.47 Å². The van der Waals surface area contributed by atoms with Gasteiger partial charge in [-0.15, -0.1) is 0 Å². The fourth-order valence-corrected chi connectivity index (χ4v) is 3.27. The molecule has 2 aliphatic heterocycles. The van der Waals surface area contributed by atoms with E-state index in [2.05, 4.69) is 15.3 Å². The summed E-state index contributed by atoms with van der Waals surface area (Å²) in [5.41, 5.74) is 2.43. The second-order valence-electron chi connectivity index (χ2n) is 6.28. The van der Waals surface area contributed by atoms with Crippen molar-refractivity contribution < 1.29 is 14.3 Å². The summed E-state index contributed by atoms with van der Waals surface area (Å²) in [7, 11) is 1.61. The quantitative estimate of drug-likeness (QED) is 0.855. The Labute approximate surface area is 146 Å². The van der Waals surface area contributed by atoms with Crippen LogP contribution in [0.4, 0.5) is 4.79 Å². The highest BCUT2D eigenvalue weighted by atomic mass is 16.5. The highest BCUT2D eigenvalue weighted by Crippen LogP contribution is 2.42. The monoisotopic (exact) mass is 340 g/mol. The van der Waals surface area contributed by atoms with E-state index in [0.717, 1.165) is 16.8 Å². The van der Waals surface area contributed by atoms with E-state index in [9.17, 15) is 4.79 Å². The fraction of sp³-hybridized carbons (Fsp3) is 0.389. The van der Waals surface area contributed by atoms with Crippen LogP contribution >= 0.6 is 0 Å². The third kappa shape index (κ3) is 2.85. The van der Waals surface area contributed by atoms with Crippen molar-refractivity contribution in [1.82, 2.24) is 20.2 Å². The maximum atomic E-state index is 12.1. The molecule has 1 spiro atoms. The highest BCUT2D eigenvalue weighted by Gasteiger charge is 2.52. The van der Waals surface area contributed by atoms with Gasteiger partial charge in [0.2, 0.25) is 0 Å². The first-order chi connectivity index (χ1) is 12.2. The lowest BCUT2D eigenvalue weighted by atomic mass is 9.88. The second-order valence-corrected chi connectivity index (χ2v) is 6.28. The Morgan fingerprint density at radius 3 is 2.92 bits per heavy atom. The van der Waals surface area contributed by atoms with E-state index in [0.29, 0.717) is 38.7 Å². The summed E-state index contributed by atoms with van der Waals surface area (Å²) < 4.78 is 10.9. The van der Waals surface area contributed by atoms with Crippen LogP contribution in [0.3, 0.4) is 0 Å². The lowest BCUT2D eigenvalue weighted by Gasteiger charge is -2.46. The number of hydrogen-bond donors (Lipinski definition) is 1. The van der Waals surface area contributed by atoms with Crippen LogP contribution in [0.1, 0.15) is 11.3 Å². The zero-order valence-corrected chi connectivity index (χ0v) is 14.1. The minimum absolute atomic E-state index is 0.0958. The van der Waals surface area contributed by atoms with Crippen LogP contribution in [0.5, 0.6) is 0 Å². The molecule has 2 aliphatic rings. The summed E-state index contributed by atoms with van der Waals surface area (Å²) >= 11 is 0. The number of aromatic nitrogens is 2. The predicted octanol–water partition coefficient (Wildman–Crippen LogP) is 1.54. The Morgan fingerprint density at radius 1 is 1.36 bits per heavy atom. The average molecular weight is 340 g/mol. The number of nitrogens with zero attached hydrogens (tertiary/aromatic N) is 3. The first-order valence-electron chi connectivity index (χ1n) is 8.29. The van der Waals surface area contributed by atoms with Crippen molar-refractivity contribution in [2.24, 2.45) is 0 Å². The van der Waals surface area contributed by atoms with Gasteiger partial charge in [-0.1, -0.05) is 30.3 Å². The van der Waals surface area contributed by atoms with Gasteiger partial charge >= 0.3 is 6.03 Å². The van der Waals surface area contributed by atoms with Gasteiger partial charge in [0.25, 0.3) is 0 Å². The van der Waals surface area contributed by atoms with Crippen LogP contribution in [0.2, 0.25) is 0 Å². The summed E-state index contributed by atoms with van der Waals surface area (Å²) in [4.78, 5) is 23.0. The number of amides is 2. The molecule has 1 fully saturated rings. The van der Waals surface area contributed by atoms with Crippen molar-refractivity contribution in [3.05, 3.63) is 47.8 Å². The van der Waals surface area contributed by atoms with Crippen molar-refractivity contribution in [2.45, 2.75) is 12.2 Å². The number of hydrogen-bond acceptors (Lipinski definition) is 5. The minimum atomic E-state index is -0.455. The molecule has 1 aromatic heterocycles. The molecule has 1 saturated heterocycles. The standard InChI is InChI=1S/C18H20N4O3/c1-24-8-7-19-17(23)22-11-18(12-22)14-9-20-16(21-15(14)10-25-18)13-5-3-2-4-6-13/h2-6,9H,7-8,10-12H2,1H3,(H,19,23). The van der Waals surface area contributed by atoms with E-state index in [-0.39, 0.29) is 6.03 Å².